The van der Waals surface area contributed by atoms with Crippen molar-refractivity contribution in [3.8, 4) is 11.4 Å². The second-order valence-electron chi connectivity index (χ2n) is 3.54. The van der Waals surface area contributed by atoms with Crippen molar-refractivity contribution in [2.45, 2.75) is 18.7 Å². The maximum Gasteiger partial charge on any atom is 0.132 e. The number of benzene rings is 1. The molecule has 0 spiro atoms. The molecule has 2 rings (SSSR count). The Morgan fingerprint density at radius 2 is 2.12 bits per heavy atom. The second kappa shape index (κ2) is 4.43. The lowest BCUT2D eigenvalue weighted by Crippen LogP contribution is -1.94. The number of rotatable bonds is 2. The number of imidazole rings is 1. The maximum absolute atomic E-state index is 9.75. The molecule has 1 N–H and O–H groups in total. The molecule has 5 heteroatoms. The Morgan fingerprint density at radius 3 is 2.62 bits per heavy atom. The zero-order valence-electron chi connectivity index (χ0n) is 9.01. The zero-order chi connectivity index (χ0) is 11.7. The van der Waals surface area contributed by atoms with Crippen molar-refractivity contribution >= 4 is 22.5 Å². The van der Waals surface area contributed by atoms with Gasteiger partial charge >= 0.3 is 0 Å². The monoisotopic (exact) mass is 252 g/mol. The van der Waals surface area contributed by atoms with Gasteiger partial charge in [0.05, 0.1) is 16.3 Å². The van der Waals surface area contributed by atoms with Crippen LogP contribution in [0, 0.1) is 13.8 Å². The number of nitrogens with zero attached hydrogens (tertiary/aromatic N) is 2. The van der Waals surface area contributed by atoms with Crippen molar-refractivity contribution in [3.05, 3.63) is 35.9 Å². The molecule has 0 bridgehead atoms. The van der Waals surface area contributed by atoms with Gasteiger partial charge in [0, 0.05) is 12.3 Å². The molecule has 0 aliphatic rings. The van der Waals surface area contributed by atoms with E-state index in [0.717, 1.165) is 22.1 Å². The highest BCUT2D eigenvalue weighted by Gasteiger charge is 2.06. The predicted molar refractivity (Wildman–Crippen MR) is 69.5 cm³/mol. The molecule has 0 aliphatic heterocycles. The van der Waals surface area contributed by atoms with Crippen LogP contribution < -0.4 is 0 Å². The first-order valence-electron chi connectivity index (χ1n) is 4.79. The minimum absolute atomic E-state index is 0.239. The highest BCUT2D eigenvalue weighted by molar-refractivity contribution is 8.68. The summed E-state index contributed by atoms with van der Waals surface area (Å²) in [4.78, 5) is 5.07. The van der Waals surface area contributed by atoms with Crippen LogP contribution in [0.1, 0.15) is 11.5 Å². The van der Waals surface area contributed by atoms with Crippen molar-refractivity contribution in [3.63, 3.8) is 0 Å². The lowest BCUT2D eigenvalue weighted by molar-refractivity contribution is 0.462. The fourth-order valence-corrected chi connectivity index (χ4v) is 2.36. The summed E-state index contributed by atoms with van der Waals surface area (Å²) in [6, 6.07) is 5.50. The molecule has 0 atom stereocenters. The number of phenolic OH excluding ortho intramolecular Hbond substituents is 1. The molecular formula is C11H12N2OS2. The van der Waals surface area contributed by atoms with E-state index in [1.807, 2.05) is 36.7 Å². The summed E-state index contributed by atoms with van der Waals surface area (Å²) < 4.78 is 1.95. The Hall–Kier alpha value is -1.07. The number of aryl methyl sites for hydroxylation is 2. The van der Waals surface area contributed by atoms with E-state index in [9.17, 15) is 5.11 Å². The van der Waals surface area contributed by atoms with Gasteiger partial charge in [-0.1, -0.05) is 10.8 Å². The van der Waals surface area contributed by atoms with Crippen LogP contribution >= 0.6 is 22.5 Å². The molecule has 16 heavy (non-hydrogen) atoms. The van der Waals surface area contributed by atoms with Crippen LogP contribution in [0.2, 0.25) is 0 Å². The average Bonchev–Trinajstić information content (AvgIpc) is 2.58. The van der Waals surface area contributed by atoms with Crippen LogP contribution in [-0.4, -0.2) is 14.7 Å². The van der Waals surface area contributed by atoms with Crippen LogP contribution in [0.4, 0.5) is 0 Å². The Bertz CT molecular complexity index is 523. The summed E-state index contributed by atoms with van der Waals surface area (Å²) in [5.41, 5.74) is 1.87. The maximum atomic E-state index is 9.75. The summed E-state index contributed by atoms with van der Waals surface area (Å²) >= 11 is 4.06. The number of phenols is 1. The van der Waals surface area contributed by atoms with Crippen LogP contribution in [0.3, 0.4) is 0 Å². The number of hydrogen-bond donors (Lipinski definition) is 2. The van der Waals surface area contributed by atoms with Crippen molar-refractivity contribution in [2.75, 3.05) is 0 Å². The summed E-state index contributed by atoms with van der Waals surface area (Å²) in [7, 11) is 1.23. The Morgan fingerprint density at radius 1 is 1.38 bits per heavy atom. The first-order valence-corrected chi connectivity index (χ1v) is 6.66. The Labute approximate surface area is 103 Å². The van der Waals surface area contributed by atoms with Crippen molar-refractivity contribution < 1.29 is 5.11 Å². The molecule has 0 amide bonds. The molecule has 1 aromatic heterocycles. The average molecular weight is 252 g/mol. The lowest BCUT2D eigenvalue weighted by atomic mass is 10.3. The van der Waals surface area contributed by atoms with Crippen LogP contribution in [-0.2, 0) is 0 Å². The molecule has 0 saturated heterocycles. The third-order valence-corrected chi connectivity index (χ3v) is 3.45. The molecule has 0 saturated carbocycles. The molecule has 1 aromatic carbocycles. The fraction of sp³-hybridized carbons (Fsp3) is 0.182. The van der Waals surface area contributed by atoms with E-state index in [4.69, 9.17) is 0 Å². The van der Waals surface area contributed by atoms with Gasteiger partial charge in [0.1, 0.15) is 11.6 Å². The minimum atomic E-state index is 0.239. The van der Waals surface area contributed by atoms with Crippen LogP contribution in [0.25, 0.3) is 5.69 Å². The standard InChI is InChI=1S/C11H12N2OS2/c1-7-6-13(8(2)12-7)9-3-4-11(16-15)10(14)5-9/h3-6,14-15H,1-2H3. The van der Waals surface area contributed by atoms with Gasteiger partial charge in [-0.25, -0.2) is 4.98 Å². The van der Waals surface area contributed by atoms with Gasteiger partial charge in [0.2, 0.25) is 0 Å². The predicted octanol–water partition coefficient (Wildman–Crippen LogP) is 3.13. The highest BCUT2D eigenvalue weighted by atomic mass is 33.1. The summed E-state index contributed by atoms with van der Waals surface area (Å²) in [5, 5.41) is 9.75. The van der Waals surface area contributed by atoms with Gasteiger partial charge in [0.15, 0.2) is 0 Å². The SMILES string of the molecule is Cc1cn(-c2ccc(SS)c(O)c2)c(C)n1. The summed E-state index contributed by atoms with van der Waals surface area (Å²) in [5.74, 6) is 1.14. The molecule has 0 fully saturated rings. The van der Waals surface area contributed by atoms with Crippen LogP contribution in [0.15, 0.2) is 29.3 Å². The topological polar surface area (TPSA) is 38.0 Å². The first kappa shape index (κ1) is 11.4. The van der Waals surface area contributed by atoms with E-state index in [-0.39, 0.29) is 5.75 Å². The largest absolute Gasteiger partial charge is 0.507 e. The third kappa shape index (κ3) is 2.05. The fourth-order valence-electron chi connectivity index (χ4n) is 1.61. The minimum Gasteiger partial charge on any atom is -0.507 e. The van der Waals surface area contributed by atoms with Crippen molar-refractivity contribution in [1.29, 1.82) is 0 Å². The number of aromatic hydroxyl groups is 1. The molecular weight excluding hydrogens is 240 g/mol. The van der Waals surface area contributed by atoms with Gasteiger partial charge in [-0.05, 0) is 26.0 Å². The molecule has 84 valence electrons. The molecule has 0 unspecified atom stereocenters. The smallest absolute Gasteiger partial charge is 0.132 e. The van der Waals surface area contributed by atoms with E-state index in [0.29, 0.717) is 0 Å². The van der Waals surface area contributed by atoms with Gasteiger partial charge in [-0.15, -0.1) is 11.7 Å². The molecule has 1 heterocycles. The summed E-state index contributed by atoms with van der Waals surface area (Å²) in [6.07, 6.45) is 1.94. The van der Waals surface area contributed by atoms with Crippen LogP contribution in [0.5, 0.6) is 5.75 Å². The summed E-state index contributed by atoms with van der Waals surface area (Å²) in [6.45, 7) is 3.88. The van der Waals surface area contributed by atoms with E-state index in [1.54, 1.807) is 6.07 Å². The third-order valence-electron chi connectivity index (χ3n) is 2.32. The number of hydrogen-bond acceptors (Lipinski definition) is 4. The van der Waals surface area contributed by atoms with Crippen molar-refractivity contribution in [2.24, 2.45) is 0 Å². The zero-order valence-corrected chi connectivity index (χ0v) is 10.7. The van der Waals surface area contributed by atoms with Gasteiger partial charge in [-0.3, -0.25) is 0 Å². The van der Waals surface area contributed by atoms with Gasteiger partial charge in [-0.2, -0.15) is 0 Å². The quantitative estimate of drug-likeness (QED) is 0.637. The Balaban J connectivity index is 2.49. The normalized spacial score (nSPS) is 10.7. The Kier molecular flexibility index (Phi) is 3.16. The highest BCUT2D eigenvalue weighted by Crippen LogP contribution is 2.32. The van der Waals surface area contributed by atoms with E-state index < -0.39 is 0 Å². The molecule has 2 aromatic rings. The van der Waals surface area contributed by atoms with E-state index in [2.05, 4.69) is 16.6 Å². The number of thiol groups is 1. The first-order chi connectivity index (χ1) is 7.61. The van der Waals surface area contributed by atoms with Gasteiger partial charge < -0.3 is 9.67 Å². The van der Waals surface area contributed by atoms with E-state index >= 15 is 0 Å². The lowest BCUT2D eigenvalue weighted by Gasteiger charge is -2.07. The second-order valence-corrected chi connectivity index (χ2v) is 4.71. The van der Waals surface area contributed by atoms with Gasteiger partial charge in [0.25, 0.3) is 0 Å². The molecule has 0 aliphatic carbocycles. The number of aromatic nitrogens is 2. The molecule has 0 radical (unpaired) electrons. The van der Waals surface area contributed by atoms with E-state index in [1.165, 1.54) is 10.8 Å². The molecule has 3 nitrogen and oxygen atoms in total. The van der Waals surface area contributed by atoms with Crippen molar-refractivity contribution in [1.82, 2.24) is 9.55 Å².